The predicted molar refractivity (Wildman–Crippen MR) is 87.7 cm³/mol. The Hall–Kier alpha value is -2.47. The Morgan fingerprint density at radius 2 is 0.773 bits per heavy atom. The maximum atomic E-state index is 3.78. The largest absolute Gasteiger partial charge is 3.00 e. The molecule has 0 spiro atoms. The number of hydrogen-bond acceptors (Lipinski definition) is 4. The first-order chi connectivity index (χ1) is 8.97. The predicted octanol–water partition coefficient (Wildman–Crippen LogP) is 3.52. The van der Waals surface area contributed by atoms with Gasteiger partial charge in [-0.15, -0.1) is 0 Å². The van der Waals surface area contributed by atoms with Crippen LogP contribution >= 0.6 is 0 Å². The summed E-state index contributed by atoms with van der Waals surface area (Å²) in [6.45, 7) is 0. The number of rotatable bonds is 1. The van der Waals surface area contributed by atoms with Crippen molar-refractivity contribution in [3.63, 3.8) is 0 Å². The van der Waals surface area contributed by atoms with Gasteiger partial charge >= 0.3 is 8.41 Å². The van der Waals surface area contributed by atoms with Gasteiger partial charge in [0.15, 0.2) is 0 Å². The van der Waals surface area contributed by atoms with Crippen LogP contribution in [0.4, 0.5) is 0 Å². The van der Waals surface area contributed by atoms with Crippen LogP contribution in [0.2, 0.25) is 0 Å². The summed E-state index contributed by atoms with van der Waals surface area (Å²) in [5.41, 5.74) is 2.55. The third-order valence-corrected chi connectivity index (χ3v) is 2.45. The van der Waals surface area contributed by atoms with Crippen LogP contribution in [0.15, 0.2) is 91.3 Å². The van der Waals surface area contributed by atoms with Crippen molar-refractivity contribution in [1.82, 2.24) is 4.98 Å². The maximum absolute atomic E-state index is 3.78. The fraction of sp³-hybridized carbons (Fsp3) is 0. The zero-order valence-corrected chi connectivity index (χ0v) is 12.0. The number of pyridine rings is 1. The number of nitrogens with zero attached hydrogens (tertiary/aromatic N) is 1. The van der Waals surface area contributed by atoms with Crippen molar-refractivity contribution in [3.8, 4) is 11.1 Å². The Morgan fingerprint density at radius 3 is 1.00 bits per heavy atom. The normalized spacial score (nSPS) is 7.45. The van der Waals surface area contributed by atoms with Gasteiger partial charge in [0, 0.05) is 12.4 Å². The van der Waals surface area contributed by atoms with E-state index in [2.05, 4.69) is 53.5 Å². The van der Waals surface area contributed by atoms with E-state index in [0.29, 0.717) is 0 Å². The summed E-state index contributed by atoms with van der Waals surface area (Å²) in [6, 6.07) is 26.5. The average Bonchev–Trinajstić information content (AvgIpc) is 2.51. The molecule has 112 valence electrons. The number of aromatic nitrogens is 1. The van der Waals surface area contributed by atoms with E-state index in [4.69, 9.17) is 0 Å². The van der Waals surface area contributed by atoms with E-state index in [1.165, 1.54) is 11.1 Å². The van der Waals surface area contributed by atoms with E-state index in [0.717, 1.165) is 0 Å². The molecule has 0 saturated carbocycles. The van der Waals surface area contributed by atoms with E-state index in [1.54, 1.807) is 12.4 Å². The number of hydrogen-bond donors (Lipinski definition) is 0. The minimum atomic E-state index is 0. The molecule has 1 heterocycles. The van der Waals surface area contributed by atoms with Gasteiger partial charge in [0.25, 0.3) is 0 Å². The summed E-state index contributed by atoms with van der Waals surface area (Å²) >= 11 is 0. The second kappa shape index (κ2) is 14.9. The molecule has 0 aliphatic heterocycles. The Morgan fingerprint density at radius 1 is 0.455 bits per heavy atom. The molecule has 4 nitrogen and oxygen atoms in total. The minimum absolute atomic E-state index is 0. The van der Waals surface area contributed by atoms with Gasteiger partial charge < -0.3 is 16.4 Å². The molecule has 3 aromatic rings. The Labute approximate surface area is 133 Å². The SMILES string of the molecule is [B+3].[OH-].[OH-].[OH-].c1ccc(-c2ccccc2)cc1.c1ccncc1. The molecule has 3 N–H and O–H groups in total. The van der Waals surface area contributed by atoms with Gasteiger partial charge in [-0.25, -0.2) is 0 Å². The third kappa shape index (κ3) is 8.66. The molecule has 0 aliphatic rings. The van der Waals surface area contributed by atoms with Crippen LogP contribution in [-0.2, 0) is 0 Å². The molecule has 2 aromatic carbocycles. The summed E-state index contributed by atoms with van der Waals surface area (Å²) in [5.74, 6) is 0. The molecule has 0 aliphatic carbocycles. The first-order valence-electron chi connectivity index (χ1n) is 5.92. The van der Waals surface area contributed by atoms with Crippen molar-refractivity contribution in [2.75, 3.05) is 0 Å². The van der Waals surface area contributed by atoms with E-state index in [1.807, 2.05) is 30.3 Å². The van der Waals surface area contributed by atoms with Gasteiger partial charge in [-0.1, -0.05) is 66.7 Å². The standard InChI is InChI=1S/C12H10.C5H5N.B.3H2O/c1-3-7-11(8-4-1)12-9-5-2-6-10-12;1-2-4-6-5-3-1;;;;/h1-10H;1-5H;;3*1H2/q;;+3;;;/p-3. The average molecular weight is 295 g/mol. The first kappa shape index (κ1) is 24.5. The van der Waals surface area contributed by atoms with Gasteiger partial charge in [0.1, 0.15) is 0 Å². The molecule has 0 atom stereocenters. The molecule has 0 unspecified atom stereocenters. The van der Waals surface area contributed by atoms with E-state index in [9.17, 15) is 0 Å². The minimum Gasteiger partial charge on any atom is -0.870 e. The van der Waals surface area contributed by atoms with Crippen LogP contribution in [-0.4, -0.2) is 29.8 Å². The molecule has 5 heteroatoms. The van der Waals surface area contributed by atoms with E-state index >= 15 is 0 Å². The number of benzene rings is 2. The van der Waals surface area contributed by atoms with Crippen molar-refractivity contribution in [2.24, 2.45) is 0 Å². The maximum Gasteiger partial charge on any atom is 3.00 e. The van der Waals surface area contributed by atoms with Crippen LogP contribution in [0.25, 0.3) is 11.1 Å². The van der Waals surface area contributed by atoms with Crippen molar-refractivity contribution in [1.29, 1.82) is 0 Å². The quantitative estimate of drug-likeness (QED) is 0.640. The second-order valence-electron chi connectivity index (χ2n) is 3.76. The van der Waals surface area contributed by atoms with Crippen molar-refractivity contribution < 1.29 is 16.4 Å². The molecule has 1 aromatic heterocycles. The van der Waals surface area contributed by atoms with Crippen molar-refractivity contribution in [2.45, 2.75) is 0 Å². The van der Waals surface area contributed by atoms with Gasteiger partial charge in [0.2, 0.25) is 0 Å². The summed E-state index contributed by atoms with van der Waals surface area (Å²) in [6.07, 6.45) is 3.50. The summed E-state index contributed by atoms with van der Waals surface area (Å²) in [4.78, 5) is 3.78. The Balaban J connectivity index is -0.000000318. The van der Waals surface area contributed by atoms with E-state index in [-0.39, 0.29) is 24.8 Å². The molecule has 0 saturated heterocycles. The molecule has 0 bridgehead atoms. The fourth-order valence-corrected chi connectivity index (χ4v) is 1.57. The van der Waals surface area contributed by atoms with Gasteiger partial charge in [-0.2, -0.15) is 0 Å². The molecule has 3 rings (SSSR count). The van der Waals surface area contributed by atoms with Crippen LogP contribution in [0, 0.1) is 0 Å². The monoisotopic (exact) mass is 295 g/mol. The molecular formula is C17H18BNO3. The summed E-state index contributed by atoms with van der Waals surface area (Å²) in [7, 11) is 0. The first-order valence-corrected chi connectivity index (χ1v) is 5.92. The van der Waals surface area contributed by atoms with E-state index < -0.39 is 0 Å². The zero-order valence-electron chi connectivity index (χ0n) is 12.0. The van der Waals surface area contributed by atoms with Gasteiger partial charge in [-0.3, -0.25) is 4.98 Å². The van der Waals surface area contributed by atoms with Crippen LogP contribution in [0.5, 0.6) is 0 Å². The van der Waals surface area contributed by atoms with Crippen molar-refractivity contribution in [3.05, 3.63) is 91.3 Å². The molecular weight excluding hydrogens is 277 g/mol. The van der Waals surface area contributed by atoms with Crippen LogP contribution < -0.4 is 0 Å². The molecule has 0 amide bonds. The molecule has 0 radical (unpaired) electrons. The second-order valence-corrected chi connectivity index (χ2v) is 3.76. The zero-order chi connectivity index (χ0) is 12.5. The van der Waals surface area contributed by atoms with Crippen LogP contribution in [0.1, 0.15) is 0 Å². The summed E-state index contributed by atoms with van der Waals surface area (Å²) in [5, 5.41) is 0. The Kier molecular flexibility index (Phi) is 16.7. The van der Waals surface area contributed by atoms with Crippen LogP contribution in [0.3, 0.4) is 0 Å². The van der Waals surface area contributed by atoms with Gasteiger partial charge in [0.05, 0.1) is 0 Å². The van der Waals surface area contributed by atoms with Gasteiger partial charge in [-0.05, 0) is 23.3 Å². The topological polar surface area (TPSA) is 103 Å². The summed E-state index contributed by atoms with van der Waals surface area (Å²) < 4.78 is 0. The smallest absolute Gasteiger partial charge is 0.870 e. The molecule has 22 heavy (non-hydrogen) atoms. The Bertz CT molecular complexity index is 487. The van der Waals surface area contributed by atoms with Crippen molar-refractivity contribution >= 4 is 8.41 Å². The molecule has 0 fully saturated rings. The third-order valence-electron chi connectivity index (χ3n) is 2.45. The fourth-order valence-electron chi connectivity index (χ4n) is 1.57.